The molecule has 1 aliphatic carbocycles. The highest BCUT2D eigenvalue weighted by Crippen LogP contribution is 2.49. The van der Waals surface area contributed by atoms with Crippen molar-refractivity contribution >= 4 is 5.69 Å². The van der Waals surface area contributed by atoms with Gasteiger partial charge in [0.25, 0.3) is 0 Å². The molecule has 0 radical (unpaired) electrons. The smallest absolute Gasteiger partial charge is 0.123 e. The second kappa shape index (κ2) is 5.16. The van der Waals surface area contributed by atoms with Crippen LogP contribution in [0.2, 0.25) is 0 Å². The molecule has 0 spiro atoms. The van der Waals surface area contributed by atoms with Gasteiger partial charge in [0, 0.05) is 11.6 Å². The van der Waals surface area contributed by atoms with E-state index in [2.05, 4.69) is 29.6 Å². The van der Waals surface area contributed by atoms with E-state index in [-0.39, 0.29) is 11.9 Å². The van der Waals surface area contributed by atoms with Gasteiger partial charge < -0.3 is 10.1 Å². The maximum absolute atomic E-state index is 13.6. The predicted molar refractivity (Wildman–Crippen MR) is 85.7 cm³/mol. The molecule has 0 amide bonds. The molecule has 2 nitrogen and oxygen atoms in total. The van der Waals surface area contributed by atoms with Gasteiger partial charge in [-0.25, -0.2) is 4.39 Å². The van der Waals surface area contributed by atoms with Crippen LogP contribution in [-0.4, -0.2) is 7.11 Å². The number of ether oxygens (including phenoxy) is 1. The van der Waals surface area contributed by atoms with E-state index >= 15 is 0 Å². The summed E-state index contributed by atoms with van der Waals surface area (Å²) in [6.45, 7) is 0. The molecule has 22 heavy (non-hydrogen) atoms. The number of halogens is 1. The molecule has 2 aromatic rings. The molecule has 0 unspecified atom stereocenters. The lowest BCUT2D eigenvalue weighted by Crippen LogP contribution is -2.29. The summed E-state index contributed by atoms with van der Waals surface area (Å²) in [4.78, 5) is 0. The van der Waals surface area contributed by atoms with Gasteiger partial charge in [-0.2, -0.15) is 0 Å². The molecule has 0 fully saturated rings. The van der Waals surface area contributed by atoms with Gasteiger partial charge in [0.15, 0.2) is 0 Å². The van der Waals surface area contributed by atoms with Crippen molar-refractivity contribution in [3.05, 3.63) is 71.6 Å². The Hall–Kier alpha value is -2.29. The lowest BCUT2D eigenvalue weighted by atomic mass is 9.77. The Morgan fingerprint density at radius 1 is 1.14 bits per heavy atom. The minimum Gasteiger partial charge on any atom is -0.497 e. The highest BCUT2D eigenvalue weighted by Gasteiger charge is 2.37. The van der Waals surface area contributed by atoms with Crippen LogP contribution in [0.15, 0.2) is 54.6 Å². The maximum Gasteiger partial charge on any atom is 0.123 e. The molecule has 1 aliphatic heterocycles. The van der Waals surface area contributed by atoms with Crippen molar-refractivity contribution < 1.29 is 9.13 Å². The first-order valence-electron chi connectivity index (χ1n) is 7.63. The average molecular weight is 295 g/mol. The SMILES string of the molecule is COc1ccc([C@@H]2Nc3ccc(F)cc3[C@@H]3C=CC[C@@H]32)cc1. The third-order valence-electron chi connectivity index (χ3n) is 4.80. The van der Waals surface area contributed by atoms with Crippen LogP contribution in [-0.2, 0) is 0 Å². The largest absolute Gasteiger partial charge is 0.497 e. The fourth-order valence-corrected chi connectivity index (χ4v) is 3.71. The van der Waals surface area contributed by atoms with Crippen LogP contribution < -0.4 is 10.1 Å². The summed E-state index contributed by atoms with van der Waals surface area (Å²) in [6.07, 6.45) is 5.46. The van der Waals surface area contributed by atoms with Crippen LogP contribution in [0.3, 0.4) is 0 Å². The van der Waals surface area contributed by atoms with Crippen LogP contribution in [0, 0.1) is 11.7 Å². The normalized spacial score (nSPS) is 25.3. The summed E-state index contributed by atoms with van der Waals surface area (Å²) < 4.78 is 18.8. The summed E-state index contributed by atoms with van der Waals surface area (Å²) in [5, 5.41) is 3.60. The number of nitrogens with one attached hydrogen (secondary N) is 1. The van der Waals surface area contributed by atoms with E-state index in [9.17, 15) is 4.39 Å². The van der Waals surface area contributed by atoms with E-state index in [1.165, 1.54) is 11.6 Å². The van der Waals surface area contributed by atoms with Gasteiger partial charge in [-0.1, -0.05) is 24.3 Å². The van der Waals surface area contributed by atoms with Gasteiger partial charge in [0.05, 0.1) is 13.2 Å². The molecular formula is C19H18FNO. The Kier molecular flexibility index (Phi) is 3.14. The first-order valence-corrected chi connectivity index (χ1v) is 7.63. The lowest BCUT2D eigenvalue weighted by Gasteiger charge is -2.37. The van der Waals surface area contributed by atoms with E-state index in [0.717, 1.165) is 23.4 Å². The molecule has 0 aromatic heterocycles. The van der Waals surface area contributed by atoms with Gasteiger partial charge in [-0.15, -0.1) is 0 Å². The monoisotopic (exact) mass is 295 g/mol. The molecule has 0 saturated heterocycles. The lowest BCUT2D eigenvalue weighted by molar-refractivity contribution is 0.411. The number of fused-ring (bicyclic) bond motifs is 3. The third kappa shape index (κ3) is 2.08. The molecule has 0 saturated carbocycles. The van der Waals surface area contributed by atoms with Crippen LogP contribution >= 0.6 is 0 Å². The van der Waals surface area contributed by atoms with Crippen LogP contribution in [0.5, 0.6) is 5.75 Å². The molecule has 1 heterocycles. The highest BCUT2D eigenvalue weighted by atomic mass is 19.1. The molecule has 3 atom stereocenters. The van der Waals surface area contributed by atoms with Gasteiger partial charge in [-0.05, 0) is 53.8 Å². The van der Waals surface area contributed by atoms with Crippen molar-refractivity contribution in [3.63, 3.8) is 0 Å². The summed E-state index contributed by atoms with van der Waals surface area (Å²) in [5.41, 5.74) is 3.35. The molecule has 3 heteroatoms. The Morgan fingerprint density at radius 3 is 2.73 bits per heavy atom. The van der Waals surface area contributed by atoms with E-state index in [0.29, 0.717) is 11.8 Å². The minimum atomic E-state index is -0.164. The van der Waals surface area contributed by atoms with Gasteiger partial charge >= 0.3 is 0 Å². The molecule has 0 bridgehead atoms. The highest BCUT2D eigenvalue weighted by molar-refractivity contribution is 5.59. The van der Waals surface area contributed by atoms with Crippen molar-refractivity contribution in [2.45, 2.75) is 18.4 Å². The summed E-state index contributed by atoms with van der Waals surface area (Å²) in [6, 6.07) is 13.5. The number of hydrogen-bond acceptors (Lipinski definition) is 2. The average Bonchev–Trinajstić information content (AvgIpc) is 3.04. The summed E-state index contributed by atoms with van der Waals surface area (Å²) >= 11 is 0. The van der Waals surface area contributed by atoms with E-state index < -0.39 is 0 Å². The summed E-state index contributed by atoms with van der Waals surface area (Å²) in [7, 11) is 1.68. The minimum absolute atomic E-state index is 0.164. The van der Waals surface area contributed by atoms with Crippen molar-refractivity contribution in [3.8, 4) is 5.75 Å². The van der Waals surface area contributed by atoms with Gasteiger partial charge in [0.2, 0.25) is 0 Å². The standard InChI is InChI=1S/C19H18FNO/c1-22-14-8-5-12(6-9-14)19-16-4-2-3-15(16)17-11-13(20)7-10-18(17)21-19/h2-3,5-11,15-16,19,21H,4H2,1H3/t15-,16+,19+/m1/s1. The Balaban J connectivity index is 1.74. The molecule has 2 aliphatic rings. The zero-order valence-electron chi connectivity index (χ0n) is 12.4. The molecule has 112 valence electrons. The predicted octanol–water partition coefficient (Wildman–Crippen LogP) is 4.66. The van der Waals surface area contributed by atoms with Crippen LogP contribution in [0.25, 0.3) is 0 Å². The molecule has 1 N–H and O–H groups in total. The zero-order valence-corrected chi connectivity index (χ0v) is 12.4. The Bertz CT molecular complexity index is 723. The van der Waals surface area contributed by atoms with Crippen LogP contribution in [0.1, 0.15) is 29.5 Å². The van der Waals surface area contributed by atoms with Gasteiger partial charge in [-0.3, -0.25) is 0 Å². The van der Waals surface area contributed by atoms with Crippen molar-refractivity contribution in [1.29, 1.82) is 0 Å². The summed E-state index contributed by atoms with van der Waals surface area (Å²) in [5.74, 6) is 1.42. The first-order chi connectivity index (χ1) is 10.8. The number of anilines is 1. The molecular weight excluding hydrogens is 277 g/mol. The quantitative estimate of drug-likeness (QED) is 0.814. The number of benzene rings is 2. The van der Waals surface area contributed by atoms with Crippen molar-refractivity contribution in [2.75, 3.05) is 12.4 Å². The Labute approximate surface area is 129 Å². The fourth-order valence-electron chi connectivity index (χ4n) is 3.71. The second-order valence-electron chi connectivity index (χ2n) is 5.98. The number of rotatable bonds is 2. The van der Waals surface area contributed by atoms with Crippen LogP contribution in [0.4, 0.5) is 10.1 Å². The third-order valence-corrected chi connectivity index (χ3v) is 4.80. The second-order valence-corrected chi connectivity index (χ2v) is 5.98. The number of hydrogen-bond donors (Lipinski definition) is 1. The van der Waals surface area contributed by atoms with E-state index in [1.807, 2.05) is 18.2 Å². The Morgan fingerprint density at radius 2 is 1.95 bits per heavy atom. The number of allylic oxidation sites excluding steroid dienone is 2. The van der Waals surface area contributed by atoms with Gasteiger partial charge in [0.1, 0.15) is 11.6 Å². The maximum atomic E-state index is 13.6. The van der Waals surface area contributed by atoms with Crippen molar-refractivity contribution in [1.82, 2.24) is 0 Å². The zero-order chi connectivity index (χ0) is 15.1. The number of methoxy groups -OCH3 is 1. The fraction of sp³-hybridized carbons (Fsp3) is 0.263. The molecule has 4 rings (SSSR count). The van der Waals surface area contributed by atoms with E-state index in [4.69, 9.17) is 4.74 Å². The van der Waals surface area contributed by atoms with E-state index in [1.54, 1.807) is 13.2 Å². The molecule has 2 aromatic carbocycles. The topological polar surface area (TPSA) is 21.3 Å². The first kappa shape index (κ1) is 13.4. The van der Waals surface area contributed by atoms with Crippen molar-refractivity contribution in [2.24, 2.45) is 5.92 Å².